The summed E-state index contributed by atoms with van der Waals surface area (Å²) in [7, 11) is 0. The van der Waals surface area contributed by atoms with Crippen molar-refractivity contribution >= 4 is 23.1 Å². The van der Waals surface area contributed by atoms with Crippen LogP contribution >= 0.6 is 23.1 Å². The van der Waals surface area contributed by atoms with E-state index in [4.69, 9.17) is 0 Å². The standard InChI is InChI=1S/C13H22N2S2/c1-4-10(12-14-6-8-17-12)15-11-9-16-7-5-13(11,2)3/h6,8,10-11,15H,4-5,7,9H2,1-3H3. The third-order valence-corrected chi connectivity index (χ3v) is 5.63. The molecule has 0 aliphatic carbocycles. The molecular formula is C13H22N2S2. The SMILES string of the molecule is CCC(NC1CSCCC1(C)C)c1nccs1. The van der Waals surface area contributed by atoms with Crippen molar-refractivity contribution in [1.29, 1.82) is 0 Å². The Kier molecular flexibility index (Phi) is 4.50. The van der Waals surface area contributed by atoms with Gasteiger partial charge < -0.3 is 5.32 Å². The van der Waals surface area contributed by atoms with Gasteiger partial charge in [0.05, 0.1) is 6.04 Å². The fourth-order valence-electron chi connectivity index (χ4n) is 2.22. The highest BCUT2D eigenvalue weighted by Crippen LogP contribution is 2.36. The van der Waals surface area contributed by atoms with Gasteiger partial charge in [-0.25, -0.2) is 4.98 Å². The summed E-state index contributed by atoms with van der Waals surface area (Å²) < 4.78 is 0. The van der Waals surface area contributed by atoms with E-state index < -0.39 is 0 Å². The van der Waals surface area contributed by atoms with Crippen LogP contribution in [0, 0.1) is 5.41 Å². The normalized spacial score (nSPS) is 25.7. The lowest BCUT2D eigenvalue weighted by Crippen LogP contribution is -2.47. The largest absolute Gasteiger partial charge is 0.304 e. The molecule has 1 aromatic heterocycles. The molecule has 2 nitrogen and oxygen atoms in total. The molecule has 0 saturated carbocycles. The minimum atomic E-state index is 0.413. The van der Waals surface area contributed by atoms with Crippen molar-refractivity contribution in [1.82, 2.24) is 10.3 Å². The van der Waals surface area contributed by atoms with E-state index in [1.165, 1.54) is 22.9 Å². The van der Waals surface area contributed by atoms with Crippen LogP contribution in [0.25, 0.3) is 0 Å². The van der Waals surface area contributed by atoms with Crippen molar-refractivity contribution in [3.63, 3.8) is 0 Å². The minimum absolute atomic E-state index is 0.413. The second-order valence-electron chi connectivity index (χ2n) is 5.36. The van der Waals surface area contributed by atoms with Gasteiger partial charge >= 0.3 is 0 Å². The van der Waals surface area contributed by atoms with Crippen molar-refractivity contribution in [2.24, 2.45) is 5.41 Å². The Morgan fingerprint density at radius 2 is 2.41 bits per heavy atom. The average Bonchev–Trinajstić information content (AvgIpc) is 2.80. The lowest BCUT2D eigenvalue weighted by molar-refractivity contribution is 0.226. The Morgan fingerprint density at radius 3 is 3.00 bits per heavy atom. The van der Waals surface area contributed by atoms with Crippen LogP contribution in [0.15, 0.2) is 11.6 Å². The molecule has 0 radical (unpaired) electrons. The van der Waals surface area contributed by atoms with Crippen LogP contribution in [-0.4, -0.2) is 22.5 Å². The number of hydrogen-bond donors (Lipinski definition) is 1. The van der Waals surface area contributed by atoms with E-state index in [1.54, 1.807) is 11.3 Å². The number of rotatable bonds is 4. The Balaban J connectivity index is 2.03. The molecule has 96 valence electrons. The summed E-state index contributed by atoms with van der Waals surface area (Å²) in [6, 6.07) is 1.04. The van der Waals surface area contributed by atoms with E-state index >= 15 is 0 Å². The monoisotopic (exact) mass is 270 g/mol. The first kappa shape index (κ1) is 13.4. The first-order valence-corrected chi connectivity index (χ1v) is 8.40. The zero-order valence-electron chi connectivity index (χ0n) is 10.9. The van der Waals surface area contributed by atoms with Crippen molar-refractivity contribution in [2.75, 3.05) is 11.5 Å². The molecule has 2 rings (SSSR count). The molecule has 0 amide bonds. The highest BCUT2D eigenvalue weighted by atomic mass is 32.2. The topological polar surface area (TPSA) is 24.9 Å². The summed E-state index contributed by atoms with van der Waals surface area (Å²) in [6.07, 6.45) is 4.33. The molecule has 1 aromatic rings. The highest BCUT2D eigenvalue weighted by Gasteiger charge is 2.34. The summed E-state index contributed by atoms with van der Waals surface area (Å²) in [6.45, 7) is 7.01. The second-order valence-corrected chi connectivity index (χ2v) is 7.44. The maximum Gasteiger partial charge on any atom is 0.109 e. The molecule has 2 atom stereocenters. The summed E-state index contributed by atoms with van der Waals surface area (Å²) in [5.41, 5.74) is 0.413. The number of thioether (sulfide) groups is 1. The first-order valence-electron chi connectivity index (χ1n) is 6.36. The maximum atomic E-state index is 4.45. The van der Waals surface area contributed by atoms with Crippen molar-refractivity contribution in [3.05, 3.63) is 16.6 Å². The van der Waals surface area contributed by atoms with Gasteiger partial charge in [0.15, 0.2) is 0 Å². The molecule has 17 heavy (non-hydrogen) atoms. The fraction of sp³-hybridized carbons (Fsp3) is 0.769. The Labute approximate surface area is 113 Å². The van der Waals surface area contributed by atoms with Gasteiger partial charge in [-0.15, -0.1) is 11.3 Å². The summed E-state index contributed by atoms with van der Waals surface area (Å²) in [4.78, 5) is 4.45. The first-order chi connectivity index (χ1) is 8.13. The number of thiazole rings is 1. The Bertz CT molecular complexity index is 335. The van der Waals surface area contributed by atoms with Crippen molar-refractivity contribution in [2.45, 2.75) is 45.7 Å². The van der Waals surface area contributed by atoms with E-state index in [2.05, 4.69) is 48.2 Å². The molecule has 1 aliphatic heterocycles. The van der Waals surface area contributed by atoms with Gasteiger partial charge in [0.1, 0.15) is 5.01 Å². The third-order valence-electron chi connectivity index (χ3n) is 3.68. The number of aromatic nitrogens is 1. The molecule has 0 bridgehead atoms. The molecule has 2 unspecified atom stereocenters. The molecule has 1 N–H and O–H groups in total. The average molecular weight is 270 g/mol. The summed E-state index contributed by atoms with van der Waals surface area (Å²) in [5.74, 6) is 2.54. The summed E-state index contributed by atoms with van der Waals surface area (Å²) >= 11 is 3.84. The Morgan fingerprint density at radius 1 is 1.59 bits per heavy atom. The van der Waals surface area contributed by atoms with E-state index in [1.807, 2.05) is 6.20 Å². The van der Waals surface area contributed by atoms with E-state index in [0.29, 0.717) is 17.5 Å². The van der Waals surface area contributed by atoms with Crippen LogP contribution in [0.1, 0.15) is 44.7 Å². The van der Waals surface area contributed by atoms with Gasteiger partial charge in [-0.05, 0) is 24.0 Å². The van der Waals surface area contributed by atoms with Crippen LogP contribution in [0.5, 0.6) is 0 Å². The van der Waals surface area contributed by atoms with Gasteiger partial charge in [0.25, 0.3) is 0 Å². The zero-order valence-corrected chi connectivity index (χ0v) is 12.5. The van der Waals surface area contributed by atoms with Crippen molar-refractivity contribution < 1.29 is 0 Å². The quantitative estimate of drug-likeness (QED) is 0.902. The maximum absolute atomic E-state index is 4.45. The van der Waals surface area contributed by atoms with Crippen molar-refractivity contribution in [3.8, 4) is 0 Å². The van der Waals surface area contributed by atoms with Gasteiger partial charge in [-0.3, -0.25) is 0 Å². The molecule has 0 spiro atoms. The van der Waals surface area contributed by atoms with Gasteiger partial charge in [0.2, 0.25) is 0 Å². The lowest BCUT2D eigenvalue weighted by Gasteiger charge is -2.40. The highest BCUT2D eigenvalue weighted by molar-refractivity contribution is 7.99. The lowest BCUT2D eigenvalue weighted by atomic mass is 9.82. The summed E-state index contributed by atoms with van der Waals surface area (Å²) in [5, 5.41) is 7.13. The van der Waals surface area contributed by atoms with Gasteiger partial charge in [0, 0.05) is 23.4 Å². The third kappa shape index (κ3) is 3.24. The molecule has 1 aliphatic rings. The predicted molar refractivity (Wildman–Crippen MR) is 77.8 cm³/mol. The van der Waals surface area contributed by atoms with Gasteiger partial charge in [-0.1, -0.05) is 20.8 Å². The zero-order chi connectivity index (χ0) is 12.3. The fourth-order valence-corrected chi connectivity index (χ4v) is 4.63. The van der Waals surface area contributed by atoms with Crippen LogP contribution in [0.4, 0.5) is 0 Å². The van der Waals surface area contributed by atoms with Crippen LogP contribution in [0.2, 0.25) is 0 Å². The van der Waals surface area contributed by atoms with Crippen LogP contribution in [-0.2, 0) is 0 Å². The predicted octanol–water partition coefficient (Wildman–Crippen LogP) is 3.72. The molecule has 1 saturated heterocycles. The smallest absolute Gasteiger partial charge is 0.109 e. The number of nitrogens with zero attached hydrogens (tertiary/aromatic N) is 1. The Hall–Kier alpha value is -0.0600. The van der Waals surface area contributed by atoms with Crippen LogP contribution in [0.3, 0.4) is 0 Å². The van der Waals surface area contributed by atoms with Crippen LogP contribution < -0.4 is 5.32 Å². The second kappa shape index (κ2) is 5.72. The molecular weight excluding hydrogens is 248 g/mol. The molecule has 4 heteroatoms. The molecule has 0 aromatic carbocycles. The molecule has 2 heterocycles. The van der Waals surface area contributed by atoms with Gasteiger partial charge in [-0.2, -0.15) is 11.8 Å². The van der Waals surface area contributed by atoms with E-state index in [9.17, 15) is 0 Å². The van der Waals surface area contributed by atoms with E-state index in [0.717, 1.165) is 6.42 Å². The van der Waals surface area contributed by atoms with E-state index in [-0.39, 0.29) is 0 Å². The number of hydrogen-bond acceptors (Lipinski definition) is 4. The number of nitrogens with one attached hydrogen (secondary N) is 1. The molecule has 1 fully saturated rings. The minimum Gasteiger partial charge on any atom is -0.304 e.